The van der Waals surface area contributed by atoms with Crippen molar-refractivity contribution in [2.75, 3.05) is 6.54 Å². The number of hydrogen-bond acceptors (Lipinski definition) is 2. The summed E-state index contributed by atoms with van der Waals surface area (Å²) in [6, 6.07) is 0. The first kappa shape index (κ1) is 9.75. The molecule has 1 aliphatic rings. The lowest BCUT2D eigenvalue weighted by Gasteiger charge is -2.09. The van der Waals surface area contributed by atoms with Crippen LogP contribution in [0.2, 0.25) is 0 Å². The topological polar surface area (TPSA) is 21.3 Å². The Labute approximate surface area is 74.9 Å². The second-order valence-corrected chi connectivity index (χ2v) is 3.65. The van der Waals surface area contributed by atoms with Crippen LogP contribution < -0.4 is 5.48 Å². The fourth-order valence-corrected chi connectivity index (χ4v) is 1.42. The second kappa shape index (κ2) is 5.33. The van der Waals surface area contributed by atoms with Gasteiger partial charge < -0.3 is 0 Å². The van der Waals surface area contributed by atoms with Crippen molar-refractivity contribution in [1.29, 1.82) is 0 Å². The molecule has 70 valence electrons. The van der Waals surface area contributed by atoms with Crippen LogP contribution in [0.25, 0.3) is 0 Å². The summed E-state index contributed by atoms with van der Waals surface area (Å²) in [5.41, 5.74) is 4.31. The van der Waals surface area contributed by atoms with Gasteiger partial charge in [-0.3, -0.25) is 4.84 Å². The summed E-state index contributed by atoms with van der Waals surface area (Å²) < 4.78 is 0. The van der Waals surface area contributed by atoms with Crippen molar-refractivity contribution in [1.82, 2.24) is 5.48 Å². The van der Waals surface area contributed by atoms with Crippen LogP contribution in [0.4, 0.5) is 0 Å². The molecule has 1 fully saturated rings. The number of nitrogens with one attached hydrogen (secondary N) is 1. The van der Waals surface area contributed by atoms with Crippen molar-refractivity contribution in [2.24, 2.45) is 0 Å². The molecule has 0 aromatic carbocycles. The van der Waals surface area contributed by atoms with Gasteiger partial charge in [-0.05, 0) is 26.7 Å². The highest BCUT2D eigenvalue weighted by atomic mass is 16.7. The molecule has 2 nitrogen and oxygen atoms in total. The van der Waals surface area contributed by atoms with E-state index in [-0.39, 0.29) is 0 Å². The predicted octanol–water partition coefficient (Wildman–Crippen LogP) is 2.42. The number of allylic oxidation sites excluding steroid dienone is 1. The zero-order valence-corrected chi connectivity index (χ0v) is 8.10. The molecule has 0 spiro atoms. The van der Waals surface area contributed by atoms with Crippen molar-refractivity contribution in [3.8, 4) is 0 Å². The quantitative estimate of drug-likeness (QED) is 0.396. The highest BCUT2D eigenvalue weighted by molar-refractivity contribution is 4.93. The monoisotopic (exact) mass is 169 g/mol. The van der Waals surface area contributed by atoms with E-state index in [9.17, 15) is 0 Å². The molecule has 1 aliphatic carbocycles. The summed E-state index contributed by atoms with van der Waals surface area (Å²) in [5.74, 6) is 0. The van der Waals surface area contributed by atoms with Gasteiger partial charge in [0.1, 0.15) is 0 Å². The third kappa shape index (κ3) is 3.88. The molecule has 0 bridgehead atoms. The van der Waals surface area contributed by atoms with E-state index in [2.05, 4.69) is 25.4 Å². The molecule has 0 amide bonds. The van der Waals surface area contributed by atoms with Crippen LogP contribution in [0.3, 0.4) is 0 Å². The van der Waals surface area contributed by atoms with Gasteiger partial charge in [0, 0.05) is 6.54 Å². The zero-order chi connectivity index (χ0) is 8.81. The van der Waals surface area contributed by atoms with Crippen LogP contribution >= 0.6 is 0 Å². The summed E-state index contributed by atoms with van der Waals surface area (Å²) in [6.45, 7) is 5.02. The van der Waals surface area contributed by atoms with E-state index in [1.807, 2.05) is 0 Å². The van der Waals surface area contributed by atoms with E-state index >= 15 is 0 Å². The lowest BCUT2D eigenvalue weighted by molar-refractivity contribution is -0.0149. The average Bonchev–Trinajstić information content (AvgIpc) is 2.49. The van der Waals surface area contributed by atoms with E-state index in [0.29, 0.717) is 6.10 Å². The summed E-state index contributed by atoms with van der Waals surface area (Å²) in [5, 5.41) is 0. The maximum absolute atomic E-state index is 5.46. The summed E-state index contributed by atoms with van der Waals surface area (Å²) in [7, 11) is 0. The molecule has 0 unspecified atom stereocenters. The Bertz CT molecular complexity index is 144. The smallest absolute Gasteiger partial charge is 0.0790 e. The van der Waals surface area contributed by atoms with Gasteiger partial charge in [0.25, 0.3) is 0 Å². The minimum atomic E-state index is 0.468. The van der Waals surface area contributed by atoms with Crippen molar-refractivity contribution in [3.05, 3.63) is 11.6 Å². The molecular weight excluding hydrogens is 150 g/mol. The first-order valence-corrected chi connectivity index (χ1v) is 4.81. The molecule has 0 atom stereocenters. The molecule has 0 aliphatic heterocycles. The summed E-state index contributed by atoms with van der Waals surface area (Å²) in [4.78, 5) is 5.46. The minimum Gasteiger partial charge on any atom is -0.298 e. The molecular formula is C10H19NO. The summed E-state index contributed by atoms with van der Waals surface area (Å²) >= 11 is 0. The van der Waals surface area contributed by atoms with E-state index in [0.717, 1.165) is 6.54 Å². The molecule has 1 rings (SSSR count). The third-order valence-electron chi connectivity index (χ3n) is 2.15. The van der Waals surface area contributed by atoms with Gasteiger partial charge in [0.15, 0.2) is 0 Å². The van der Waals surface area contributed by atoms with Crippen LogP contribution in [-0.4, -0.2) is 12.6 Å². The fraction of sp³-hybridized carbons (Fsp3) is 0.800. The van der Waals surface area contributed by atoms with E-state index in [1.54, 1.807) is 0 Å². The van der Waals surface area contributed by atoms with E-state index in [1.165, 1.54) is 31.3 Å². The van der Waals surface area contributed by atoms with Crippen molar-refractivity contribution < 1.29 is 4.84 Å². The predicted molar refractivity (Wildman–Crippen MR) is 50.8 cm³/mol. The van der Waals surface area contributed by atoms with Gasteiger partial charge in [-0.15, -0.1) is 0 Å². The maximum Gasteiger partial charge on any atom is 0.0790 e. The molecule has 2 heteroatoms. The largest absolute Gasteiger partial charge is 0.298 e. The number of hydroxylamine groups is 1. The molecule has 0 saturated heterocycles. The average molecular weight is 169 g/mol. The van der Waals surface area contributed by atoms with Crippen LogP contribution in [0.5, 0.6) is 0 Å². The molecule has 0 heterocycles. The Morgan fingerprint density at radius 2 is 2.08 bits per heavy atom. The van der Waals surface area contributed by atoms with Gasteiger partial charge in [-0.25, -0.2) is 0 Å². The maximum atomic E-state index is 5.46. The Morgan fingerprint density at radius 1 is 1.42 bits per heavy atom. The second-order valence-electron chi connectivity index (χ2n) is 3.65. The van der Waals surface area contributed by atoms with Gasteiger partial charge in [-0.2, -0.15) is 5.48 Å². The Balaban J connectivity index is 1.98. The Hall–Kier alpha value is -0.340. The first-order chi connectivity index (χ1) is 5.79. The third-order valence-corrected chi connectivity index (χ3v) is 2.15. The lowest BCUT2D eigenvalue weighted by Crippen LogP contribution is -2.21. The Morgan fingerprint density at radius 3 is 2.67 bits per heavy atom. The highest BCUT2D eigenvalue weighted by Crippen LogP contribution is 2.19. The van der Waals surface area contributed by atoms with Gasteiger partial charge in [-0.1, -0.05) is 24.5 Å². The number of rotatable bonds is 4. The van der Waals surface area contributed by atoms with Crippen LogP contribution in [-0.2, 0) is 4.84 Å². The lowest BCUT2D eigenvalue weighted by atomic mass is 10.3. The molecule has 0 aromatic rings. The standard InChI is InChI=1S/C10H19NO/c1-9(2)7-8-11-12-10-5-3-4-6-10/h7,10-11H,3-6,8H2,1-2H3. The number of hydrogen-bond donors (Lipinski definition) is 1. The van der Waals surface area contributed by atoms with Gasteiger partial charge in [0.2, 0.25) is 0 Å². The molecule has 0 radical (unpaired) electrons. The van der Waals surface area contributed by atoms with Crippen LogP contribution in [0.15, 0.2) is 11.6 Å². The van der Waals surface area contributed by atoms with Gasteiger partial charge >= 0.3 is 0 Å². The minimum absolute atomic E-state index is 0.468. The molecule has 12 heavy (non-hydrogen) atoms. The first-order valence-electron chi connectivity index (χ1n) is 4.81. The van der Waals surface area contributed by atoms with Gasteiger partial charge in [0.05, 0.1) is 6.10 Å². The van der Waals surface area contributed by atoms with Crippen LogP contribution in [0.1, 0.15) is 39.5 Å². The van der Waals surface area contributed by atoms with Crippen molar-refractivity contribution >= 4 is 0 Å². The summed E-state index contributed by atoms with van der Waals surface area (Å²) in [6.07, 6.45) is 7.71. The SMILES string of the molecule is CC(C)=CCNOC1CCCC1. The molecule has 0 aromatic heterocycles. The highest BCUT2D eigenvalue weighted by Gasteiger charge is 2.14. The molecule has 1 saturated carbocycles. The van der Waals surface area contributed by atoms with Crippen molar-refractivity contribution in [3.63, 3.8) is 0 Å². The fourth-order valence-electron chi connectivity index (χ4n) is 1.42. The molecule has 1 N–H and O–H groups in total. The van der Waals surface area contributed by atoms with Crippen molar-refractivity contribution in [2.45, 2.75) is 45.6 Å². The Kier molecular flexibility index (Phi) is 4.33. The van der Waals surface area contributed by atoms with Crippen LogP contribution in [0, 0.1) is 0 Å². The normalized spacial score (nSPS) is 18.2. The van der Waals surface area contributed by atoms with E-state index < -0.39 is 0 Å². The van der Waals surface area contributed by atoms with E-state index in [4.69, 9.17) is 4.84 Å². The zero-order valence-electron chi connectivity index (χ0n) is 8.10.